The summed E-state index contributed by atoms with van der Waals surface area (Å²) in [5.74, 6) is -0.281. The van der Waals surface area contributed by atoms with E-state index in [9.17, 15) is 4.39 Å². The highest BCUT2D eigenvalue weighted by atomic mass is 35.5. The van der Waals surface area contributed by atoms with Crippen LogP contribution >= 0.6 is 11.6 Å². The zero-order chi connectivity index (χ0) is 13.0. The van der Waals surface area contributed by atoms with Crippen molar-refractivity contribution in [1.82, 2.24) is 9.97 Å². The number of rotatable bonds is 4. The van der Waals surface area contributed by atoms with Gasteiger partial charge in [0.1, 0.15) is 11.0 Å². The normalized spacial score (nSPS) is 11.2. The fraction of sp³-hybridized carbons (Fsp3) is 0.167. The van der Waals surface area contributed by atoms with Gasteiger partial charge >= 0.3 is 0 Å². The first kappa shape index (κ1) is 13.4. The molecular formula is C12H12ClFN2O. The molecule has 0 aliphatic rings. The second kappa shape index (κ2) is 5.59. The van der Waals surface area contributed by atoms with Crippen LogP contribution in [0, 0.1) is 0 Å². The first-order chi connectivity index (χ1) is 7.93. The Morgan fingerprint density at radius 3 is 2.59 bits per heavy atom. The second-order valence-electron chi connectivity index (χ2n) is 3.37. The van der Waals surface area contributed by atoms with Crippen LogP contribution in [0.3, 0.4) is 0 Å². The van der Waals surface area contributed by atoms with Crippen LogP contribution in [-0.2, 0) is 0 Å². The van der Waals surface area contributed by atoms with E-state index in [0.29, 0.717) is 5.57 Å². The molecule has 17 heavy (non-hydrogen) atoms. The Balaban J connectivity index is 3.33. The number of hydrogen-bond donors (Lipinski definition) is 0. The Kier molecular flexibility index (Phi) is 4.40. The maximum absolute atomic E-state index is 13.3. The number of aromatic nitrogens is 2. The molecule has 0 amide bonds. The summed E-state index contributed by atoms with van der Waals surface area (Å²) in [5.41, 5.74) is 0.791. The van der Waals surface area contributed by atoms with Crippen LogP contribution < -0.4 is 4.74 Å². The molecule has 1 aromatic rings. The van der Waals surface area contributed by atoms with E-state index in [1.165, 1.54) is 19.3 Å². The van der Waals surface area contributed by atoms with Crippen LogP contribution in [0.2, 0.25) is 5.15 Å². The van der Waals surface area contributed by atoms with E-state index in [-0.39, 0.29) is 22.4 Å². The standard InChI is InChI=1S/C12H12ClFN2O/c1-7(2)5-9(8(3)14)12-15-10(13)6-11(16-12)17-4/h5-6H,1,3H2,2,4H3/b9-5+. The zero-order valence-electron chi connectivity index (χ0n) is 9.63. The summed E-state index contributed by atoms with van der Waals surface area (Å²) in [5, 5.41) is 0.167. The SMILES string of the molecule is C=C(C)/C=C(\C(=C)F)c1nc(Cl)cc(OC)n1. The highest BCUT2D eigenvalue weighted by molar-refractivity contribution is 6.29. The van der Waals surface area contributed by atoms with Gasteiger partial charge in [0.15, 0.2) is 5.82 Å². The predicted molar refractivity (Wildman–Crippen MR) is 66.6 cm³/mol. The third-order valence-corrected chi connectivity index (χ3v) is 2.00. The lowest BCUT2D eigenvalue weighted by Crippen LogP contribution is -1.98. The molecule has 0 atom stereocenters. The van der Waals surface area contributed by atoms with Crippen LogP contribution in [-0.4, -0.2) is 17.1 Å². The van der Waals surface area contributed by atoms with E-state index < -0.39 is 5.83 Å². The summed E-state index contributed by atoms with van der Waals surface area (Å²) in [4.78, 5) is 7.92. The van der Waals surface area contributed by atoms with Gasteiger partial charge in [-0.1, -0.05) is 30.3 Å². The summed E-state index contributed by atoms with van der Waals surface area (Å²) >= 11 is 5.78. The van der Waals surface area contributed by atoms with Gasteiger partial charge in [0.2, 0.25) is 5.88 Å². The van der Waals surface area contributed by atoms with E-state index in [1.54, 1.807) is 6.92 Å². The lowest BCUT2D eigenvalue weighted by atomic mass is 10.1. The molecule has 5 heteroatoms. The van der Waals surface area contributed by atoms with Crippen molar-refractivity contribution in [2.75, 3.05) is 7.11 Å². The van der Waals surface area contributed by atoms with E-state index in [0.717, 1.165) is 0 Å². The van der Waals surface area contributed by atoms with Gasteiger partial charge in [0.05, 0.1) is 12.7 Å². The van der Waals surface area contributed by atoms with E-state index in [1.807, 2.05) is 0 Å². The maximum atomic E-state index is 13.3. The molecule has 0 bridgehead atoms. The summed E-state index contributed by atoms with van der Waals surface area (Å²) in [7, 11) is 1.44. The minimum Gasteiger partial charge on any atom is -0.481 e. The summed E-state index contributed by atoms with van der Waals surface area (Å²) in [6.07, 6.45) is 1.49. The van der Waals surface area contributed by atoms with Crippen molar-refractivity contribution in [3.05, 3.63) is 47.7 Å². The smallest absolute Gasteiger partial charge is 0.218 e. The lowest BCUT2D eigenvalue weighted by molar-refractivity contribution is 0.396. The van der Waals surface area contributed by atoms with Gasteiger partial charge in [-0.25, -0.2) is 9.37 Å². The molecule has 90 valence electrons. The molecule has 0 radical (unpaired) electrons. The number of halogens is 2. The number of hydrogen-bond acceptors (Lipinski definition) is 3. The van der Waals surface area contributed by atoms with E-state index in [2.05, 4.69) is 23.1 Å². The summed E-state index contributed by atoms with van der Waals surface area (Å²) < 4.78 is 18.2. The molecule has 1 rings (SSSR count). The maximum Gasteiger partial charge on any atom is 0.218 e. The van der Waals surface area contributed by atoms with Crippen LogP contribution in [0.5, 0.6) is 5.88 Å². The number of methoxy groups -OCH3 is 1. The largest absolute Gasteiger partial charge is 0.481 e. The van der Waals surface area contributed by atoms with Crippen molar-refractivity contribution >= 4 is 17.2 Å². The van der Waals surface area contributed by atoms with Crippen molar-refractivity contribution < 1.29 is 9.13 Å². The predicted octanol–water partition coefficient (Wildman–Crippen LogP) is 3.58. The minimum atomic E-state index is -0.655. The Bertz CT molecular complexity index is 497. The van der Waals surface area contributed by atoms with Crippen molar-refractivity contribution in [3.63, 3.8) is 0 Å². The molecule has 0 aliphatic heterocycles. The van der Waals surface area contributed by atoms with Crippen molar-refractivity contribution in [2.45, 2.75) is 6.92 Å². The molecular weight excluding hydrogens is 243 g/mol. The van der Waals surface area contributed by atoms with E-state index in [4.69, 9.17) is 16.3 Å². The van der Waals surface area contributed by atoms with Gasteiger partial charge in [0, 0.05) is 6.07 Å². The average Bonchev–Trinajstić information content (AvgIpc) is 2.24. The zero-order valence-corrected chi connectivity index (χ0v) is 10.4. The molecule has 0 unspecified atom stereocenters. The van der Waals surface area contributed by atoms with Gasteiger partial charge in [-0.15, -0.1) is 0 Å². The minimum absolute atomic E-state index is 0.116. The average molecular weight is 255 g/mol. The summed E-state index contributed by atoms with van der Waals surface area (Å²) in [6.45, 7) is 8.62. The van der Waals surface area contributed by atoms with Crippen LogP contribution in [0.25, 0.3) is 5.57 Å². The monoisotopic (exact) mass is 254 g/mol. The van der Waals surface area contributed by atoms with Gasteiger partial charge in [-0.05, 0) is 13.0 Å². The Hall–Kier alpha value is -1.68. The molecule has 0 spiro atoms. The molecule has 1 heterocycles. The lowest BCUT2D eigenvalue weighted by Gasteiger charge is -2.06. The topological polar surface area (TPSA) is 35.0 Å². The molecule has 0 saturated heterocycles. The van der Waals surface area contributed by atoms with Crippen molar-refractivity contribution in [1.29, 1.82) is 0 Å². The van der Waals surface area contributed by atoms with Crippen LogP contribution in [0.15, 0.2) is 36.7 Å². The summed E-state index contributed by atoms with van der Waals surface area (Å²) in [6, 6.07) is 1.43. The number of allylic oxidation sites excluding steroid dienone is 4. The molecule has 0 N–H and O–H groups in total. The quantitative estimate of drug-likeness (QED) is 0.608. The molecule has 0 fully saturated rings. The fourth-order valence-electron chi connectivity index (χ4n) is 1.13. The molecule has 0 aliphatic carbocycles. The van der Waals surface area contributed by atoms with Gasteiger partial charge in [-0.3, -0.25) is 0 Å². The van der Waals surface area contributed by atoms with Gasteiger partial charge in [-0.2, -0.15) is 4.98 Å². The first-order valence-electron chi connectivity index (χ1n) is 4.75. The number of ether oxygens (including phenoxy) is 1. The first-order valence-corrected chi connectivity index (χ1v) is 5.12. The molecule has 0 saturated carbocycles. The van der Waals surface area contributed by atoms with E-state index >= 15 is 0 Å². The second-order valence-corrected chi connectivity index (χ2v) is 3.75. The van der Waals surface area contributed by atoms with Crippen molar-refractivity contribution in [2.24, 2.45) is 0 Å². The van der Waals surface area contributed by atoms with Crippen LogP contribution in [0.4, 0.5) is 4.39 Å². The Morgan fingerprint density at radius 2 is 2.12 bits per heavy atom. The Labute approximate surface area is 104 Å². The Morgan fingerprint density at radius 1 is 1.47 bits per heavy atom. The van der Waals surface area contributed by atoms with Crippen molar-refractivity contribution in [3.8, 4) is 5.88 Å². The molecule has 1 aromatic heterocycles. The highest BCUT2D eigenvalue weighted by Crippen LogP contribution is 2.24. The third-order valence-electron chi connectivity index (χ3n) is 1.80. The number of nitrogens with zero attached hydrogens (tertiary/aromatic N) is 2. The molecule has 3 nitrogen and oxygen atoms in total. The van der Waals surface area contributed by atoms with Gasteiger partial charge in [0.25, 0.3) is 0 Å². The molecule has 0 aromatic carbocycles. The van der Waals surface area contributed by atoms with Gasteiger partial charge < -0.3 is 4.74 Å². The third kappa shape index (κ3) is 3.67. The van der Waals surface area contributed by atoms with Crippen LogP contribution in [0.1, 0.15) is 12.7 Å². The highest BCUT2D eigenvalue weighted by Gasteiger charge is 2.12. The fourth-order valence-corrected chi connectivity index (χ4v) is 1.31.